The second-order valence-corrected chi connectivity index (χ2v) is 7.92. The molecule has 6 heteroatoms. The number of aryl methyl sites for hydroxylation is 2. The largest absolute Gasteiger partial charge is 0.334 e. The van der Waals surface area contributed by atoms with Gasteiger partial charge in [0, 0.05) is 36.1 Å². The van der Waals surface area contributed by atoms with E-state index in [9.17, 15) is 4.79 Å². The molecule has 2 aromatic heterocycles. The summed E-state index contributed by atoms with van der Waals surface area (Å²) in [5.41, 5.74) is 2.15. The van der Waals surface area contributed by atoms with Crippen LogP contribution in [0.5, 0.6) is 0 Å². The Bertz CT molecular complexity index is 714. The molecule has 134 valence electrons. The summed E-state index contributed by atoms with van der Waals surface area (Å²) < 4.78 is 0. The average Bonchev–Trinajstić information content (AvgIpc) is 3.25. The standard InChI is InChI=1S/C19H26N4OS/c1-14-20-12-15(13-22(2)3)19(21-14)17-7-4-10-23(17)18(24)9-8-16-6-5-11-25-16/h5-6,11-12,17H,4,7-10,13H2,1-3H3/t17-/m1/s1. The van der Waals surface area contributed by atoms with Crippen molar-refractivity contribution in [2.24, 2.45) is 0 Å². The molecule has 0 radical (unpaired) electrons. The highest BCUT2D eigenvalue weighted by Gasteiger charge is 2.32. The van der Waals surface area contributed by atoms with Crippen molar-refractivity contribution in [1.82, 2.24) is 19.8 Å². The second kappa shape index (κ2) is 8.06. The van der Waals surface area contributed by atoms with Crippen LogP contribution in [0.25, 0.3) is 0 Å². The predicted molar refractivity (Wildman–Crippen MR) is 100 cm³/mol. The van der Waals surface area contributed by atoms with E-state index in [0.717, 1.165) is 49.4 Å². The molecule has 0 bridgehead atoms. The van der Waals surface area contributed by atoms with Crippen LogP contribution >= 0.6 is 11.3 Å². The molecule has 1 amide bonds. The molecular weight excluding hydrogens is 332 g/mol. The first-order chi connectivity index (χ1) is 12.0. The predicted octanol–water partition coefficient (Wildman–Crippen LogP) is 3.20. The minimum absolute atomic E-state index is 0.0903. The highest BCUT2D eigenvalue weighted by atomic mass is 32.1. The van der Waals surface area contributed by atoms with Gasteiger partial charge in [0.15, 0.2) is 0 Å². The lowest BCUT2D eigenvalue weighted by Gasteiger charge is -2.26. The summed E-state index contributed by atoms with van der Waals surface area (Å²) in [7, 11) is 4.09. The van der Waals surface area contributed by atoms with Gasteiger partial charge in [-0.1, -0.05) is 6.07 Å². The summed E-state index contributed by atoms with van der Waals surface area (Å²) >= 11 is 1.72. The van der Waals surface area contributed by atoms with Gasteiger partial charge in [-0.25, -0.2) is 9.97 Å². The number of aromatic nitrogens is 2. The van der Waals surface area contributed by atoms with Gasteiger partial charge in [0.05, 0.1) is 11.7 Å². The van der Waals surface area contributed by atoms with Crippen molar-refractivity contribution in [2.45, 2.75) is 45.2 Å². The molecule has 5 nitrogen and oxygen atoms in total. The third kappa shape index (κ3) is 4.44. The van der Waals surface area contributed by atoms with Crippen LogP contribution < -0.4 is 0 Å². The van der Waals surface area contributed by atoms with E-state index in [1.165, 1.54) is 4.88 Å². The maximum absolute atomic E-state index is 12.8. The maximum Gasteiger partial charge on any atom is 0.223 e. The Balaban J connectivity index is 1.76. The van der Waals surface area contributed by atoms with Crippen LogP contribution in [0, 0.1) is 6.92 Å². The molecule has 0 unspecified atom stereocenters. The molecule has 0 aliphatic carbocycles. The molecule has 2 aromatic rings. The van der Waals surface area contributed by atoms with Crippen LogP contribution in [-0.4, -0.2) is 46.3 Å². The van der Waals surface area contributed by atoms with Crippen molar-refractivity contribution in [2.75, 3.05) is 20.6 Å². The molecule has 1 fully saturated rings. The van der Waals surface area contributed by atoms with Gasteiger partial charge in [-0.3, -0.25) is 4.79 Å². The van der Waals surface area contributed by atoms with E-state index in [-0.39, 0.29) is 11.9 Å². The van der Waals surface area contributed by atoms with Crippen molar-refractivity contribution in [1.29, 1.82) is 0 Å². The molecule has 1 saturated heterocycles. The molecule has 0 saturated carbocycles. The van der Waals surface area contributed by atoms with Gasteiger partial charge in [0.2, 0.25) is 5.91 Å². The molecule has 1 aliphatic rings. The van der Waals surface area contributed by atoms with Crippen LogP contribution in [0.3, 0.4) is 0 Å². The van der Waals surface area contributed by atoms with Crippen molar-refractivity contribution in [3.8, 4) is 0 Å². The normalized spacial score (nSPS) is 17.4. The van der Waals surface area contributed by atoms with Crippen molar-refractivity contribution in [3.05, 3.63) is 45.7 Å². The number of hydrogen-bond donors (Lipinski definition) is 0. The monoisotopic (exact) mass is 358 g/mol. The number of thiophene rings is 1. The molecule has 25 heavy (non-hydrogen) atoms. The van der Waals surface area contributed by atoms with Gasteiger partial charge >= 0.3 is 0 Å². The minimum Gasteiger partial charge on any atom is -0.334 e. The van der Waals surface area contributed by atoms with Crippen molar-refractivity contribution < 1.29 is 4.79 Å². The highest BCUT2D eigenvalue weighted by molar-refractivity contribution is 7.09. The molecule has 1 atom stereocenters. The lowest BCUT2D eigenvalue weighted by atomic mass is 10.0. The number of rotatable bonds is 6. The van der Waals surface area contributed by atoms with Gasteiger partial charge in [0.25, 0.3) is 0 Å². The summed E-state index contributed by atoms with van der Waals surface area (Å²) in [4.78, 5) is 27.3. The Morgan fingerprint density at radius 2 is 2.28 bits per heavy atom. The van der Waals surface area contributed by atoms with E-state index in [4.69, 9.17) is 4.98 Å². The lowest BCUT2D eigenvalue weighted by Crippen LogP contribution is -2.32. The maximum atomic E-state index is 12.8. The van der Waals surface area contributed by atoms with Crippen LogP contribution in [0.15, 0.2) is 23.7 Å². The smallest absolute Gasteiger partial charge is 0.223 e. The molecule has 0 spiro atoms. The first-order valence-corrected chi connectivity index (χ1v) is 9.71. The second-order valence-electron chi connectivity index (χ2n) is 6.89. The summed E-state index contributed by atoms with van der Waals surface area (Å²) in [6.45, 7) is 3.54. The van der Waals surface area contributed by atoms with Crippen LogP contribution in [0.1, 0.15) is 47.3 Å². The minimum atomic E-state index is 0.0903. The molecule has 3 heterocycles. The van der Waals surface area contributed by atoms with E-state index in [1.54, 1.807) is 11.3 Å². The zero-order valence-electron chi connectivity index (χ0n) is 15.2. The SMILES string of the molecule is Cc1ncc(CN(C)C)c([C@H]2CCCN2C(=O)CCc2cccs2)n1. The topological polar surface area (TPSA) is 49.3 Å². The first kappa shape index (κ1) is 18.0. The fourth-order valence-electron chi connectivity index (χ4n) is 3.44. The van der Waals surface area contributed by atoms with E-state index in [0.29, 0.717) is 6.42 Å². The van der Waals surface area contributed by atoms with Crippen LogP contribution in [-0.2, 0) is 17.8 Å². The summed E-state index contributed by atoms with van der Waals surface area (Å²) in [5, 5.41) is 2.07. The lowest BCUT2D eigenvalue weighted by molar-refractivity contribution is -0.132. The Morgan fingerprint density at radius 3 is 3.00 bits per heavy atom. The zero-order chi connectivity index (χ0) is 17.8. The van der Waals surface area contributed by atoms with E-state index in [1.807, 2.05) is 38.2 Å². The van der Waals surface area contributed by atoms with Crippen molar-refractivity contribution >= 4 is 17.2 Å². The molecule has 3 rings (SSSR count). The van der Waals surface area contributed by atoms with E-state index < -0.39 is 0 Å². The average molecular weight is 359 g/mol. The summed E-state index contributed by atoms with van der Waals surface area (Å²) in [6.07, 6.45) is 5.35. The van der Waals surface area contributed by atoms with Gasteiger partial charge < -0.3 is 9.80 Å². The van der Waals surface area contributed by atoms with Gasteiger partial charge in [0.1, 0.15) is 5.82 Å². The quantitative estimate of drug-likeness (QED) is 0.796. The number of amides is 1. The number of hydrogen-bond acceptors (Lipinski definition) is 5. The van der Waals surface area contributed by atoms with Crippen molar-refractivity contribution in [3.63, 3.8) is 0 Å². The highest BCUT2D eigenvalue weighted by Crippen LogP contribution is 2.33. The number of carbonyl (C=O) groups excluding carboxylic acids is 1. The van der Waals surface area contributed by atoms with E-state index in [2.05, 4.69) is 21.3 Å². The number of carbonyl (C=O) groups is 1. The first-order valence-electron chi connectivity index (χ1n) is 8.83. The fraction of sp³-hybridized carbons (Fsp3) is 0.526. The number of nitrogens with zero attached hydrogens (tertiary/aromatic N) is 4. The summed E-state index contributed by atoms with van der Waals surface area (Å²) in [5.74, 6) is 1.01. The Hall–Kier alpha value is -1.79. The van der Waals surface area contributed by atoms with E-state index >= 15 is 0 Å². The van der Waals surface area contributed by atoms with Gasteiger partial charge in [-0.15, -0.1) is 11.3 Å². The van der Waals surface area contributed by atoms with Gasteiger partial charge in [-0.2, -0.15) is 0 Å². The van der Waals surface area contributed by atoms with Gasteiger partial charge in [-0.05, 0) is 51.7 Å². The summed E-state index contributed by atoms with van der Waals surface area (Å²) in [6, 6.07) is 4.23. The Kier molecular flexibility index (Phi) is 5.81. The van der Waals surface area contributed by atoms with Crippen LogP contribution in [0.4, 0.5) is 0 Å². The number of likely N-dealkylation sites (tertiary alicyclic amines) is 1. The van der Waals surface area contributed by atoms with Crippen LogP contribution in [0.2, 0.25) is 0 Å². The molecule has 0 aromatic carbocycles. The molecule has 0 N–H and O–H groups in total. The third-order valence-electron chi connectivity index (χ3n) is 4.56. The fourth-order valence-corrected chi connectivity index (χ4v) is 4.15. The third-order valence-corrected chi connectivity index (χ3v) is 5.50. The molecular formula is C19H26N4OS. The Morgan fingerprint density at radius 1 is 1.44 bits per heavy atom. The zero-order valence-corrected chi connectivity index (χ0v) is 16.1. The molecule has 1 aliphatic heterocycles. The Labute approximate surface area is 153 Å².